The summed E-state index contributed by atoms with van der Waals surface area (Å²) in [7, 11) is 2.69. The molecule has 3 aromatic rings. The molecule has 0 amide bonds. The molecule has 0 aliphatic carbocycles. The predicted molar refractivity (Wildman–Crippen MR) is 92.5 cm³/mol. The number of nitrogens with zero attached hydrogens (tertiary/aromatic N) is 1. The van der Waals surface area contributed by atoms with Gasteiger partial charge < -0.3 is 19.8 Å². The molecule has 0 aliphatic rings. The van der Waals surface area contributed by atoms with Gasteiger partial charge in [0.2, 0.25) is 5.95 Å². The monoisotopic (exact) mass is 339 g/mol. The van der Waals surface area contributed by atoms with Gasteiger partial charge >= 0.3 is 11.9 Å². The molecule has 7 nitrogen and oxygen atoms in total. The lowest BCUT2D eigenvalue weighted by atomic mass is 10.1. The Labute approximate surface area is 144 Å². The highest BCUT2D eigenvalue weighted by Crippen LogP contribution is 2.20. The first-order chi connectivity index (χ1) is 12.1. The fourth-order valence-corrected chi connectivity index (χ4v) is 2.45. The maximum atomic E-state index is 11.8. The number of nitrogens with one attached hydrogen (secondary N) is 2. The summed E-state index contributed by atoms with van der Waals surface area (Å²) in [5.41, 5.74) is 3.18. The van der Waals surface area contributed by atoms with E-state index in [0.717, 1.165) is 11.1 Å². The number of carbonyl (C=O) groups excluding carboxylic acids is 2. The van der Waals surface area contributed by atoms with E-state index in [-0.39, 0.29) is 5.97 Å². The first-order valence-corrected chi connectivity index (χ1v) is 7.60. The molecule has 0 saturated carbocycles. The van der Waals surface area contributed by atoms with Gasteiger partial charge in [-0.05, 0) is 29.8 Å². The minimum absolute atomic E-state index is 0.368. The molecule has 128 valence electrons. The first-order valence-electron chi connectivity index (χ1n) is 7.60. The third-order valence-corrected chi connectivity index (χ3v) is 3.75. The normalized spacial score (nSPS) is 10.5. The number of methoxy groups -OCH3 is 2. The molecule has 1 heterocycles. The fourth-order valence-electron chi connectivity index (χ4n) is 2.45. The van der Waals surface area contributed by atoms with E-state index in [0.29, 0.717) is 29.1 Å². The molecular formula is C18H17N3O4. The van der Waals surface area contributed by atoms with Gasteiger partial charge in [0.25, 0.3) is 0 Å². The van der Waals surface area contributed by atoms with Gasteiger partial charge in [0, 0.05) is 6.54 Å². The molecule has 0 spiro atoms. The third kappa shape index (κ3) is 3.45. The van der Waals surface area contributed by atoms with E-state index >= 15 is 0 Å². The van der Waals surface area contributed by atoms with Crippen molar-refractivity contribution in [3.63, 3.8) is 0 Å². The zero-order valence-corrected chi connectivity index (χ0v) is 13.8. The van der Waals surface area contributed by atoms with Crippen LogP contribution >= 0.6 is 0 Å². The summed E-state index contributed by atoms with van der Waals surface area (Å²) < 4.78 is 9.44. The Morgan fingerprint density at radius 2 is 1.76 bits per heavy atom. The van der Waals surface area contributed by atoms with Crippen LogP contribution < -0.4 is 5.32 Å². The molecule has 0 atom stereocenters. The number of aromatic nitrogens is 2. The van der Waals surface area contributed by atoms with Crippen LogP contribution in [0.3, 0.4) is 0 Å². The Balaban J connectivity index is 1.75. The molecule has 0 fully saturated rings. The molecular weight excluding hydrogens is 322 g/mol. The maximum Gasteiger partial charge on any atom is 0.340 e. The van der Waals surface area contributed by atoms with Crippen LogP contribution in [0.1, 0.15) is 26.3 Å². The first kappa shape index (κ1) is 16.5. The van der Waals surface area contributed by atoms with Crippen molar-refractivity contribution in [2.75, 3.05) is 19.5 Å². The van der Waals surface area contributed by atoms with Crippen LogP contribution in [-0.4, -0.2) is 36.1 Å². The highest BCUT2D eigenvalue weighted by Gasteiger charge is 2.13. The van der Waals surface area contributed by atoms with Gasteiger partial charge in [-0.1, -0.05) is 18.2 Å². The highest BCUT2D eigenvalue weighted by molar-refractivity contribution is 6.02. The summed E-state index contributed by atoms with van der Waals surface area (Å²) in [5.74, 6) is -0.252. The lowest BCUT2D eigenvalue weighted by molar-refractivity contribution is 0.0592. The molecule has 2 N–H and O–H groups in total. The molecule has 0 radical (unpaired) electrons. The lowest BCUT2D eigenvalue weighted by Gasteiger charge is -2.04. The Kier molecular flexibility index (Phi) is 4.65. The zero-order chi connectivity index (χ0) is 17.8. The molecule has 0 saturated heterocycles. The van der Waals surface area contributed by atoms with E-state index in [4.69, 9.17) is 4.74 Å². The summed E-state index contributed by atoms with van der Waals surface area (Å²) in [6.45, 7) is 0.509. The van der Waals surface area contributed by atoms with Crippen molar-refractivity contribution in [2.45, 2.75) is 6.54 Å². The maximum absolute atomic E-state index is 11.8. The van der Waals surface area contributed by atoms with E-state index in [1.807, 2.05) is 18.2 Å². The van der Waals surface area contributed by atoms with E-state index in [1.165, 1.54) is 14.2 Å². The number of H-pyrrole nitrogens is 1. The van der Waals surface area contributed by atoms with Crippen molar-refractivity contribution < 1.29 is 19.1 Å². The Morgan fingerprint density at radius 3 is 2.44 bits per heavy atom. The number of hydrogen-bond acceptors (Lipinski definition) is 6. The van der Waals surface area contributed by atoms with E-state index < -0.39 is 5.97 Å². The molecule has 25 heavy (non-hydrogen) atoms. The van der Waals surface area contributed by atoms with Crippen LogP contribution in [0.2, 0.25) is 0 Å². The summed E-state index contributed by atoms with van der Waals surface area (Å²) in [6, 6.07) is 12.4. The van der Waals surface area contributed by atoms with Gasteiger partial charge in [-0.3, -0.25) is 0 Å². The smallest absolute Gasteiger partial charge is 0.340 e. The molecule has 1 aromatic heterocycles. The number of imidazole rings is 1. The highest BCUT2D eigenvalue weighted by atomic mass is 16.5. The largest absolute Gasteiger partial charge is 0.465 e. The number of rotatable bonds is 5. The Morgan fingerprint density at radius 1 is 1.04 bits per heavy atom. The SMILES string of the molecule is COC(=O)c1ccc(CNc2nc3c(C(=O)OC)cccc3[nH]2)cc1. The fraction of sp³-hybridized carbons (Fsp3) is 0.167. The van der Waals surface area contributed by atoms with Crippen LogP contribution in [0.15, 0.2) is 42.5 Å². The Bertz CT molecular complexity index is 916. The molecule has 0 aliphatic heterocycles. The predicted octanol–water partition coefficient (Wildman–Crippen LogP) is 2.75. The van der Waals surface area contributed by atoms with Crippen molar-refractivity contribution >= 4 is 28.9 Å². The van der Waals surface area contributed by atoms with E-state index in [2.05, 4.69) is 20.0 Å². The van der Waals surface area contributed by atoms with Gasteiger partial charge in [-0.2, -0.15) is 0 Å². The van der Waals surface area contributed by atoms with E-state index in [1.54, 1.807) is 24.3 Å². The van der Waals surface area contributed by atoms with Crippen LogP contribution in [0, 0.1) is 0 Å². The minimum atomic E-state index is -0.429. The van der Waals surface area contributed by atoms with Gasteiger partial charge in [0.05, 0.1) is 30.9 Å². The number of para-hydroxylation sites is 1. The second-order valence-corrected chi connectivity index (χ2v) is 5.32. The van der Waals surface area contributed by atoms with Gasteiger partial charge in [0.1, 0.15) is 5.52 Å². The van der Waals surface area contributed by atoms with Gasteiger partial charge in [0.15, 0.2) is 0 Å². The second-order valence-electron chi connectivity index (χ2n) is 5.32. The summed E-state index contributed by atoms with van der Waals surface area (Å²) in [4.78, 5) is 30.8. The number of hydrogen-bond donors (Lipinski definition) is 2. The number of ether oxygens (including phenoxy) is 2. The van der Waals surface area contributed by atoms with Crippen molar-refractivity contribution in [3.05, 3.63) is 59.2 Å². The average molecular weight is 339 g/mol. The Hall–Kier alpha value is -3.35. The van der Waals surface area contributed by atoms with Gasteiger partial charge in [-0.15, -0.1) is 0 Å². The molecule has 0 unspecified atom stereocenters. The van der Waals surface area contributed by atoms with Crippen molar-refractivity contribution in [3.8, 4) is 0 Å². The van der Waals surface area contributed by atoms with Crippen LogP contribution in [0.4, 0.5) is 5.95 Å². The van der Waals surface area contributed by atoms with Crippen molar-refractivity contribution in [1.82, 2.24) is 9.97 Å². The van der Waals surface area contributed by atoms with Crippen LogP contribution in [0.5, 0.6) is 0 Å². The number of esters is 2. The van der Waals surface area contributed by atoms with Crippen LogP contribution in [-0.2, 0) is 16.0 Å². The minimum Gasteiger partial charge on any atom is -0.465 e. The summed E-state index contributed by atoms with van der Waals surface area (Å²) in [6.07, 6.45) is 0. The standard InChI is InChI=1S/C18H17N3O4/c1-24-16(22)12-8-6-11(7-9-12)10-19-18-20-14-5-3-4-13(15(14)21-18)17(23)25-2/h3-9H,10H2,1-2H3,(H2,19,20,21). The molecule has 2 aromatic carbocycles. The van der Waals surface area contributed by atoms with Crippen LogP contribution in [0.25, 0.3) is 11.0 Å². The second kappa shape index (κ2) is 7.04. The number of aromatic amines is 1. The summed E-state index contributed by atoms with van der Waals surface area (Å²) >= 11 is 0. The topological polar surface area (TPSA) is 93.3 Å². The molecule has 7 heteroatoms. The average Bonchev–Trinajstić information content (AvgIpc) is 3.08. The van der Waals surface area contributed by atoms with Crippen molar-refractivity contribution in [1.29, 1.82) is 0 Å². The summed E-state index contributed by atoms with van der Waals surface area (Å²) in [5, 5.41) is 3.16. The molecule has 0 bridgehead atoms. The number of fused-ring (bicyclic) bond motifs is 1. The van der Waals surface area contributed by atoms with Gasteiger partial charge in [-0.25, -0.2) is 14.6 Å². The zero-order valence-electron chi connectivity index (χ0n) is 13.8. The number of carbonyl (C=O) groups is 2. The van der Waals surface area contributed by atoms with E-state index in [9.17, 15) is 9.59 Å². The third-order valence-electron chi connectivity index (χ3n) is 3.75. The lowest BCUT2D eigenvalue weighted by Crippen LogP contribution is -2.04. The van der Waals surface area contributed by atoms with Crippen molar-refractivity contribution in [2.24, 2.45) is 0 Å². The quantitative estimate of drug-likeness (QED) is 0.694. The number of anilines is 1. The number of benzene rings is 2. The molecule has 3 rings (SSSR count).